The highest BCUT2D eigenvalue weighted by Gasteiger charge is 2.78. The van der Waals surface area contributed by atoms with Crippen LogP contribution in [0, 0.1) is 0 Å². The van der Waals surface area contributed by atoms with Crippen LogP contribution in [0.25, 0.3) is 0 Å². The van der Waals surface area contributed by atoms with Crippen LogP contribution >= 0.6 is 24.0 Å². The van der Waals surface area contributed by atoms with Gasteiger partial charge in [0.1, 0.15) is 14.8 Å². The number of carbonyl (C=O) groups excluding carboxylic acids is 2. The van der Waals surface area contributed by atoms with Gasteiger partial charge in [-0.1, -0.05) is 36.1 Å². The smallest absolute Gasteiger partial charge is 0.254 e. The second-order valence-electron chi connectivity index (χ2n) is 8.49. The maximum Gasteiger partial charge on any atom is 0.254 e. The summed E-state index contributed by atoms with van der Waals surface area (Å²) in [5.74, 6) is -0.00157. The number of anilines is 1. The van der Waals surface area contributed by atoms with E-state index in [-0.39, 0.29) is 17.7 Å². The zero-order valence-corrected chi connectivity index (χ0v) is 20.3. The van der Waals surface area contributed by atoms with Crippen LogP contribution in [0.4, 0.5) is 5.69 Å². The molecule has 2 spiro atoms. The second kappa shape index (κ2) is 7.65. The summed E-state index contributed by atoms with van der Waals surface area (Å²) in [5, 5.41) is 0. The number of benzene rings is 1. The molecule has 3 aliphatic rings. The first-order chi connectivity index (χ1) is 15.8. The fourth-order valence-corrected chi connectivity index (χ4v) is 7.82. The molecule has 2 fully saturated rings. The molecule has 1 aromatic heterocycles. The zero-order chi connectivity index (χ0) is 23.5. The summed E-state index contributed by atoms with van der Waals surface area (Å²) in [5.41, 5.74) is 1.17. The lowest BCUT2D eigenvalue weighted by atomic mass is 9.72. The molecule has 0 aliphatic carbocycles. The quantitative estimate of drug-likeness (QED) is 0.493. The van der Waals surface area contributed by atoms with E-state index in [1.54, 1.807) is 42.4 Å². The molecule has 2 aromatic rings. The van der Waals surface area contributed by atoms with Crippen molar-refractivity contribution < 1.29 is 14.3 Å². The number of ether oxygens (including phenoxy) is 1. The summed E-state index contributed by atoms with van der Waals surface area (Å²) in [7, 11) is 5.26. The van der Waals surface area contributed by atoms with E-state index in [9.17, 15) is 9.59 Å². The minimum Gasteiger partial charge on any atom is -0.497 e. The van der Waals surface area contributed by atoms with Crippen molar-refractivity contribution in [3.05, 3.63) is 66.5 Å². The fraction of sp³-hybridized carbons (Fsp3) is 0.333. The Morgan fingerprint density at radius 2 is 2.09 bits per heavy atom. The van der Waals surface area contributed by atoms with E-state index in [2.05, 4.69) is 11.6 Å². The van der Waals surface area contributed by atoms with E-state index in [1.807, 2.05) is 42.3 Å². The first-order valence-corrected chi connectivity index (χ1v) is 11.8. The number of likely N-dealkylation sites (tertiary alicyclic amines) is 1. The van der Waals surface area contributed by atoms with Crippen LogP contribution in [0.15, 0.2) is 55.4 Å². The van der Waals surface area contributed by atoms with E-state index in [1.165, 1.54) is 11.8 Å². The molecule has 5 rings (SSSR count). The molecule has 3 aliphatic heterocycles. The Balaban J connectivity index is 1.84. The van der Waals surface area contributed by atoms with Gasteiger partial charge < -0.3 is 9.64 Å². The molecule has 0 saturated carbocycles. The van der Waals surface area contributed by atoms with Crippen LogP contribution in [-0.4, -0.2) is 70.0 Å². The molecule has 0 unspecified atom stereocenters. The third-order valence-corrected chi connectivity index (χ3v) is 9.00. The van der Waals surface area contributed by atoms with E-state index in [0.717, 1.165) is 16.8 Å². The number of likely N-dealkylation sites (N-methyl/N-ethyl adjacent to an activating group) is 2. The highest BCUT2D eigenvalue weighted by Crippen LogP contribution is 2.66. The van der Waals surface area contributed by atoms with Crippen LogP contribution in [0.1, 0.15) is 17.0 Å². The van der Waals surface area contributed by atoms with E-state index in [4.69, 9.17) is 17.0 Å². The molecule has 170 valence electrons. The third kappa shape index (κ3) is 2.61. The average molecular weight is 481 g/mol. The van der Waals surface area contributed by atoms with Crippen LogP contribution in [0.5, 0.6) is 5.75 Å². The number of rotatable bonds is 4. The third-order valence-electron chi connectivity index (χ3n) is 7.06. The number of pyridine rings is 1. The Hall–Kier alpha value is -2.75. The number of nitrogens with zero attached hydrogens (tertiary/aromatic N) is 4. The first kappa shape index (κ1) is 22.1. The summed E-state index contributed by atoms with van der Waals surface area (Å²) in [6.07, 6.45) is 5.15. The molecular weight excluding hydrogens is 456 g/mol. The van der Waals surface area contributed by atoms with E-state index in [0.29, 0.717) is 23.2 Å². The van der Waals surface area contributed by atoms with Gasteiger partial charge in [-0.3, -0.25) is 24.4 Å². The molecule has 33 heavy (non-hydrogen) atoms. The van der Waals surface area contributed by atoms with Gasteiger partial charge in [-0.25, -0.2) is 0 Å². The monoisotopic (exact) mass is 480 g/mol. The van der Waals surface area contributed by atoms with Crippen molar-refractivity contribution in [3.63, 3.8) is 0 Å². The molecule has 0 N–H and O–H groups in total. The van der Waals surface area contributed by atoms with Crippen LogP contribution < -0.4 is 9.64 Å². The highest BCUT2D eigenvalue weighted by molar-refractivity contribution is 8.25. The van der Waals surface area contributed by atoms with E-state index >= 15 is 0 Å². The molecule has 1 aromatic carbocycles. The Morgan fingerprint density at radius 3 is 2.76 bits per heavy atom. The van der Waals surface area contributed by atoms with Gasteiger partial charge in [0.2, 0.25) is 5.91 Å². The lowest BCUT2D eigenvalue weighted by Crippen LogP contribution is -2.62. The summed E-state index contributed by atoms with van der Waals surface area (Å²) < 4.78 is 4.77. The number of thiocarbonyl (C=S) groups is 1. The standard InChI is InChI=1S/C24H24N4O3S2/c1-5-11-28-21(30)24(33-22(28)32)18(15-7-6-10-25-13-15)14-26(2)23(24)17-12-16(31-4)8-9-19(17)27(3)20(23)29/h5-10,12-13,18H,1,11,14H2,2-4H3/t18-,23+,24-/m1/s1. The summed E-state index contributed by atoms with van der Waals surface area (Å²) in [6.45, 7) is 4.58. The molecule has 9 heteroatoms. The second-order valence-corrected chi connectivity index (χ2v) is 10.4. The molecule has 0 bridgehead atoms. The Morgan fingerprint density at radius 1 is 1.30 bits per heavy atom. The van der Waals surface area contributed by atoms with Gasteiger partial charge in [-0.15, -0.1) is 6.58 Å². The fourth-order valence-electron chi connectivity index (χ4n) is 5.67. The maximum atomic E-state index is 14.4. The molecule has 2 amide bonds. The van der Waals surface area contributed by atoms with Crippen molar-refractivity contribution in [2.75, 3.05) is 39.2 Å². The number of thioether (sulfide) groups is 1. The Kier molecular flexibility index (Phi) is 5.11. The molecule has 2 saturated heterocycles. The van der Waals surface area contributed by atoms with Crippen molar-refractivity contribution in [2.24, 2.45) is 0 Å². The van der Waals surface area contributed by atoms with Gasteiger partial charge in [0.15, 0.2) is 5.54 Å². The number of hydrogen-bond acceptors (Lipinski definition) is 7. The van der Waals surface area contributed by atoms with E-state index < -0.39 is 10.3 Å². The number of amides is 2. The lowest BCUT2D eigenvalue weighted by molar-refractivity contribution is -0.138. The minimum atomic E-state index is -1.26. The molecule has 3 atom stereocenters. The maximum absolute atomic E-state index is 14.4. The minimum absolute atomic E-state index is 0.149. The predicted molar refractivity (Wildman–Crippen MR) is 133 cm³/mol. The van der Waals surface area contributed by atoms with Crippen molar-refractivity contribution in [1.29, 1.82) is 0 Å². The highest BCUT2D eigenvalue weighted by atomic mass is 32.2. The number of methoxy groups -OCH3 is 1. The average Bonchev–Trinajstić information content (AvgIpc) is 3.33. The van der Waals surface area contributed by atoms with Crippen molar-refractivity contribution in [3.8, 4) is 5.75 Å². The first-order valence-electron chi connectivity index (χ1n) is 10.6. The molecule has 7 nitrogen and oxygen atoms in total. The van der Waals surface area contributed by atoms with Gasteiger partial charge in [0.05, 0.1) is 7.11 Å². The van der Waals surface area contributed by atoms with Crippen molar-refractivity contribution in [2.45, 2.75) is 16.2 Å². The van der Waals surface area contributed by atoms with Gasteiger partial charge in [-0.05, 0) is 36.9 Å². The Bertz CT molecular complexity index is 1190. The summed E-state index contributed by atoms with van der Waals surface area (Å²) in [6, 6.07) is 9.42. The summed E-state index contributed by atoms with van der Waals surface area (Å²) >= 11 is 7.02. The predicted octanol–water partition coefficient (Wildman–Crippen LogP) is 2.78. The number of hydrogen-bond donors (Lipinski definition) is 0. The normalized spacial score (nSPS) is 28.9. The molecular formula is C24H24N4O3S2. The number of fused-ring (bicyclic) bond motifs is 3. The molecule has 0 radical (unpaired) electrons. The number of carbonyl (C=O) groups is 2. The van der Waals surface area contributed by atoms with Gasteiger partial charge in [-0.2, -0.15) is 0 Å². The van der Waals surface area contributed by atoms with Gasteiger partial charge in [0, 0.05) is 49.7 Å². The van der Waals surface area contributed by atoms with Crippen LogP contribution in [0.3, 0.4) is 0 Å². The Labute approximate surface area is 202 Å². The summed E-state index contributed by atoms with van der Waals surface area (Å²) in [4.78, 5) is 38.1. The number of aromatic nitrogens is 1. The van der Waals surface area contributed by atoms with Crippen LogP contribution in [0.2, 0.25) is 0 Å². The van der Waals surface area contributed by atoms with Crippen molar-refractivity contribution >= 4 is 45.8 Å². The SMILES string of the molecule is C=CCN1C(=O)[C@]2(SC1=S)[C@@H](c1cccnc1)CN(C)[C@@]21C(=O)N(C)c2ccc(OC)cc21. The van der Waals surface area contributed by atoms with Crippen molar-refractivity contribution in [1.82, 2.24) is 14.8 Å². The largest absolute Gasteiger partial charge is 0.497 e. The lowest BCUT2D eigenvalue weighted by Gasteiger charge is -2.42. The topological polar surface area (TPSA) is 66.0 Å². The van der Waals surface area contributed by atoms with Gasteiger partial charge in [0.25, 0.3) is 5.91 Å². The van der Waals surface area contributed by atoms with Crippen LogP contribution in [-0.2, 0) is 15.1 Å². The molecule has 4 heterocycles. The zero-order valence-electron chi connectivity index (χ0n) is 18.6. The van der Waals surface area contributed by atoms with Gasteiger partial charge >= 0.3 is 0 Å².